The average molecular weight is 114 g/mol. The summed E-state index contributed by atoms with van der Waals surface area (Å²) in [6.07, 6.45) is -1.96. The minimum absolute atomic E-state index is 0. The molecule has 0 aromatic heterocycles. The van der Waals surface area contributed by atoms with Crippen LogP contribution in [0, 0.1) is 0 Å². The van der Waals surface area contributed by atoms with Crippen LogP contribution >= 0.6 is 0 Å². The van der Waals surface area contributed by atoms with E-state index in [0.717, 1.165) is 0 Å². The Morgan fingerprint density at radius 1 is 1.88 bits per heavy atom. The standard InChI is InChI=1S/C3H5FO3.Li/c4-1-2(5)3(6)7;/h2,5H,1H2,(H,6,7);/q;+1/p-1. The van der Waals surface area contributed by atoms with Crippen molar-refractivity contribution < 1.29 is 38.3 Å². The molecule has 0 amide bonds. The van der Waals surface area contributed by atoms with Crippen molar-refractivity contribution in [1.82, 2.24) is 0 Å². The second-order valence-electron chi connectivity index (χ2n) is 0.989. The molecular formula is C3H4FLiO3. The quantitative estimate of drug-likeness (QED) is 0.366. The van der Waals surface area contributed by atoms with Gasteiger partial charge >= 0.3 is 18.9 Å². The molecule has 0 saturated carbocycles. The van der Waals surface area contributed by atoms with Crippen LogP contribution in [0.15, 0.2) is 0 Å². The Hall–Kier alpha value is -0.0426. The monoisotopic (exact) mass is 114 g/mol. The third-order valence-electron chi connectivity index (χ3n) is 0.418. The molecule has 3 nitrogen and oxygen atoms in total. The fraction of sp³-hybridized carbons (Fsp3) is 0.667. The number of alkyl halides is 1. The van der Waals surface area contributed by atoms with E-state index in [9.17, 15) is 14.3 Å². The number of aliphatic hydroxyl groups excluding tert-OH is 1. The number of halogens is 1. The van der Waals surface area contributed by atoms with Crippen LogP contribution in [0.25, 0.3) is 0 Å². The summed E-state index contributed by atoms with van der Waals surface area (Å²) in [5.41, 5.74) is 0. The van der Waals surface area contributed by atoms with E-state index in [1.165, 1.54) is 0 Å². The number of carboxylic acid groups (broad SMARTS) is 1. The van der Waals surface area contributed by atoms with E-state index in [0.29, 0.717) is 0 Å². The molecule has 0 heterocycles. The van der Waals surface area contributed by atoms with Crippen LogP contribution in [-0.4, -0.2) is 23.9 Å². The van der Waals surface area contributed by atoms with E-state index in [1.54, 1.807) is 0 Å². The number of hydrogen-bond donors (Lipinski definition) is 1. The summed E-state index contributed by atoms with van der Waals surface area (Å²) in [5.74, 6) is -1.78. The molecule has 0 radical (unpaired) electrons. The molecule has 1 N–H and O–H groups in total. The zero-order valence-corrected chi connectivity index (χ0v) is 4.43. The zero-order chi connectivity index (χ0) is 5.86. The molecule has 42 valence electrons. The normalized spacial score (nSPS) is 11.8. The van der Waals surface area contributed by atoms with Gasteiger partial charge in [0.15, 0.2) is 0 Å². The van der Waals surface area contributed by atoms with Crippen molar-refractivity contribution in [2.24, 2.45) is 0 Å². The Labute approximate surface area is 57.7 Å². The third kappa shape index (κ3) is 4.13. The number of carboxylic acids is 1. The van der Waals surface area contributed by atoms with Crippen LogP contribution in [-0.2, 0) is 4.79 Å². The van der Waals surface area contributed by atoms with Crippen LogP contribution in [0.1, 0.15) is 0 Å². The van der Waals surface area contributed by atoms with Gasteiger partial charge in [-0.25, -0.2) is 4.39 Å². The van der Waals surface area contributed by atoms with E-state index >= 15 is 0 Å². The number of hydrogen-bond acceptors (Lipinski definition) is 3. The van der Waals surface area contributed by atoms with Gasteiger partial charge in [-0.2, -0.15) is 0 Å². The van der Waals surface area contributed by atoms with Crippen LogP contribution < -0.4 is 24.0 Å². The summed E-state index contributed by atoms with van der Waals surface area (Å²) in [6.45, 7) is -1.29. The topological polar surface area (TPSA) is 60.4 Å². The Morgan fingerprint density at radius 3 is 2.25 bits per heavy atom. The van der Waals surface area contributed by atoms with Crippen LogP contribution in [0.3, 0.4) is 0 Å². The van der Waals surface area contributed by atoms with E-state index in [2.05, 4.69) is 0 Å². The Morgan fingerprint density at radius 2 is 2.25 bits per heavy atom. The van der Waals surface area contributed by atoms with Gasteiger partial charge in [0.25, 0.3) is 0 Å². The summed E-state index contributed by atoms with van der Waals surface area (Å²) in [6, 6.07) is 0. The Balaban J connectivity index is 0. The summed E-state index contributed by atoms with van der Waals surface area (Å²) >= 11 is 0. The molecule has 0 aromatic carbocycles. The largest absolute Gasteiger partial charge is 1.00 e. The second kappa shape index (κ2) is 5.10. The van der Waals surface area contributed by atoms with Gasteiger partial charge in [0.1, 0.15) is 12.8 Å². The molecule has 5 heteroatoms. The number of carbonyl (C=O) groups is 1. The molecule has 0 aliphatic heterocycles. The van der Waals surface area contributed by atoms with Crippen molar-refractivity contribution >= 4 is 5.97 Å². The van der Waals surface area contributed by atoms with Crippen LogP contribution in [0.5, 0.6) is 0 Å². The van der Waals surface area contributed by atoms with Gasteiger partial charge < -0.3 is 15.0 Å². The van der Waals surface area contributed by atoms with Gasteiger partial charge in [-0.1, -0.05) is 0 Å². The second-order valence-corrected chi connectivity index (χ2v) is 0.989. The van der Waals surface area contributed by atoms with Crippen molar-refractivity contribution in [3.8, 4) is 0 Å². The van der Waals surface area contributed by atoms with Crippen LogP contribution in [0.2, 0.25) is 0 Å². The molecule has 0 saturated heterocycles. The molecular weight excluding hydrogens is 110 g/mol. The predicted octanol–water partition coefficient (Wildman–Crippen LogP) is -4.93. The van der Waals surface area contributed by atoms with E-state index in [1.807, 2.05) is 0 Å². The van der Waals surface area contributed by atoms with E-state index in [-0.39, 0.29) is 18.9 Å². The van der Waals surface area contributed by atoms with Crippen molar-refractivity contribution in [2.75, 3.05) is 6.67 Å². The van der Waals surface area contributed by atoms with Gasteiger partial charge in [0.05, 0.1) is 5.97 Å². The zero-order valence-electron chi connectivity index (χ0n) is 4.43. The molecule has 1 atom stereocenters. The molecule has 0 rings (SSSR count). The summed E-state index contributed by atoms with van der Waals surface area (Å²) in [5, 5.41) is 17.2. The minimum Gasteiger partial charge on any atom is -0.547 e. The van der Waals surface area contributed by atoms with Crippen molar-refractivity contribution in [3.63, 3.8) is 0 Å². The summed E-state index contributed by atoms with van der Waals surface area (Å²) in [7, 11) is 0. The first-order valence-corrected chi connectivity index (χ1v) is 1.63. The summed E-state index contributed by atoms with van der Waals surface area (Å²) in [4.78, 5) is 9.33. The molecule has 8 heavy (non-hydrogen) atoms. The van der Waals surface area contributed by atoms with Crippen LogP contribution in [0.4, 0.5) is 4.39 Å². The van der Waals surface area contributed by atoms with Gasteiger partial charge in [-0.3, -0.25) is 0 Å². The molecule has 1 unspecified atom stereocenters. The van der Waals surface area contributed by atoms with Crippen molar-refractivity contribution in [2.45, 2.75) is 6.10 Å². The molecule has 0 spiro atoms. The first-order valence-electron chi connectivity index (χ1n) is 1.63. The van der Waals surface area contributed by atoms with Crippen molar-refractivity contribution in [1.29, 1.82) is 0 Å². The third-order valence-corrected chi connectivity index (χ3v) is 0.418. The SMILES string of the molecule is O=C([O-])C(O)CF.[Li+]. The molecule has 0 aromatic rings. The minimum atomic E-state index is -1.96. The molecule has 0 bridgehead atoms. The van der Waals surface area contributed by atoms with Gasteiger partial charge in [-0.15, -0.1) is 0 Å². The maximum atomic E-state index is 11.0. The van der Waals surface area contributed by atoms with E-state index < -0.39 is 18.7 Å². The molecule has 0 aliphatic carbocycles. The first kappa shape index (κ1) is 10.9. The van der Waals surface area contributed by atoms with E-state index in [4.69, 9.17) is 5.11 Å². The number of aliphatic hydroxyl groups is 1. The first-order chi connectivity index (χ1) is 3.18. The van der Waals surface area contributed by atoms with Gasteiger partial charge in [0, 0.05) is 0 Å². The average Bonchev–Trinajstić information content (AvgIpc) is 1.65. The number of aliphatic carboxylic acids is 1. The fourth-order valence-electron chi connectivity index (χ4n) is 0.0630. The van der Waals surface area contributed by atoms with Crippen molar-refractivity contribution in [3.05, 3.63) is 0 Å². The van der Waals surface area contributed by atoms with Gasteiger partial charge in [0.2, 0.25) is 0 Å². The van der Waals surface area contributed by atoms with Gasteiger partial charge in [-0.05, 0) is 0 Å². The fourth-order valence-corrected chi connectivity index (χ4v) is 0.0630. The number of carbonyl (C=O) groups excluding carboxylic acids is 1. The predicted molar refractivity (Wildman–Crippen MR) is 17.0 cm³/mol. The molecule has 0 aliphatic rings. The maximum Gasteiger partial charge on any atom is 1.00 e. The Bertz CT molecular complexity index is 76.9. The molecule has 0 fully saturated rings. The number of rotatable bonds is 2. The Kier molecular flexibility index (Phi) is 6.92. The summed E-state index contributed by atoms with van der Waals surface area (Å²) < 4.78 is 11.0. The smallest absolute Gasteiger partial charge is 0.547 e. The maximum absolute atomic E-state index is 11.0.